The largest absolute Gasteiger partial charge is 0.479 e. The zero-order chi connectivity index (χ0) is 61.0. The Hall–Kier alpha value is -2.46. The van der Waals surface area contributed by atoms with E-state index in [2.05, 4.69) is 26.8 Å². The number of allylic oxidation sites excluding steroid dienone is 3. The summed E-state index contributed by atoms with van der Waals surface area (Å²) < 4.78 is 54.3. The number of hydrogen-bond acceptors (Lipinski definition) is 25. The van der Waals surface area contributed by atoms with E-state index in [1.807, 2.05) is 20.8 Å². The molecule has 0 amide bonds. The lowest BCUT2D eigenvalue weighted by atomic mass is 9.33. The van der Waals surface area contributed by atoms with Gasteiger partial charge >= 0.3 is 11.9 Å². The van der Waals surface area contributed by atoms with Gasteiger partial charge in [-0.15, -0.1) is 0 Å². The molecule has 4 heterocycles. The molecule has 8 fully saturated rings. The Labute approximate surface area is 481 Å². The molecule has 0 spiro atoms. The molecule has 0 radical (unpaired) electrons. The molecule has 26 heteroatoms. The second-order valence-corrected chi connectivity index (χ2v) is 26.9. The molecule has 0 aromatic rings. The minimum atomic E-state index is -2.25. The Morgan fingerprint density at radius 2 is 1.29 bits per heavy atom. The van der Waals surface area contributed by atoms with Crippen LogP contribution in [-0.4, -0.2) is 257 Å². The number of aliphatic hydroxyl groups excluding tert-OH is 14. The smallest absolute Gasteiger partial charge is 0.335 e. The van der Waals surface area contributed by atoms with E-state index in [0.717, 1.165) is 5.57 Å². The van der Waals surface area contributed by atoms with Crippen LogP contribution in [0, 0.1) is 50.2 Å². The number of carbonyl (C=O) groups is 2. The second kappa shape index (κ2) is 23.8. The summed E-state index contributed by atoms with van der Waals surface area (Å²) in [6, 6.07) is 0. The number of hydrogen-bond donors (Lipinski definition) is 15. The first-order valence-electron chi connectivity index (χ1n) is 29.1. The number of aliphatic carboxylic acids is 1. The maximum absolute atomic E-state index is 13.2. The third kappa shape index (κ3) is 10.5. The molecular weight excluding hydrogens is 1100 g/mol. The topological polar surface area (TPSA) is 421 Å². The summed E-state index contributed by atoms with van der Waals surface area (Å²) in [5, 5.41) is 167. The lowest BCUT2D eigenvalue weighted by Gasteiger charge is -2.72. The minimum Gasteiger partial charge on any atom is -0.479 e. The van der Waals surface area contributed by atoms with Gasteiger partial charge in [0.15, 0.2) is 31.3 Å². The molecule has 15 N–H and O–H groups in total. The van der Waals surface area contributed by atoms with Gasteiger partial charge in [-0.05, 0) is 92.8 Å². The first-order chi connectivity index (χ1) is 38.9. The summed E-state index contributed by atoms with van der Waals surface area (Å²) in [6.45, 7) is 12.5. The predicted molar refractivity (Wildman–Crippen MR) is 280 cm³/mol. The summed E-state index contributed by atoms with van der Waals surface area (Å²) >= 11 is 0. The summed E-state index contributed by atoms with van der Waals surface area (Å²) in [5.74, 6) is -3.24. The molecule has 0 aromatic heterocycles. The zero-order valence-corrected chi connectivity index (χ0v) is 48.3. The average Bonchev–Trinajstić information content (AvgIpc) is 0.906. The number of ether oxygens (including phenoxy) is 9. The van der Waals surface area contributed by atoms with Gasteiger partial charge in [-0.25, -0.2) is 9.59 Å². The summed E-state index contributed by atoms with van der Waals surface area (Å²) in [5.41, 5.74) is -3.80. The van der Waals surface area contributed by atoms with Crippen LogP contribution in [0.25, 0.3) is 0 Å². The Morgan fingerprint density at radius 3 is 1.92 bits per heavy atom. The lowest BCUT2D eigenvalue weighted by Crippen LogP contribution is -2.72. The monoisotopic (exact) mass is 1190 g/mol. The van der Waals surface area contributed by atoms with Crippen molar-refractivity contribution in [1.82, 2.24) is 0 Å². The van der Waals surface area contributed by atoms with Crippen molar-refractivity contribution >= 4 is 11.9 Å². The molecule has 4 saturated heterocycles. The third-order valence-corrected chi connectivity index (χ3v) is 22.1. The van der Waals surface area contributed by atoms with Crippen molar-refractivity contribution in [2.45, 2.75) is 235 Å². The Kier molecular flexibility index (Phi) is 18.6. The van der Waals surface area contributed by atoms with Gasteiger partial charge in [0.2, 0.25) is 0 Å². The fraction of sp³-hybridized carbons (Fsp3) is 0.895. The zero-order valence-electron chi connectivity index (χ0n) is 48.3. The molecule has 474 valence electrons. The highest BCUT2D eigenvalue weighted by atomic mass is 16.8. The number of carboxylic acids is 1. The predicted octanol–water partition coefficient (Wildman–Crippen LogP) is -2.79. The molecule has 83 heavy (non-hydrogen) atoms. The maximum Gasteiger partial charge on any atom is 0.335 e. The molecule has 0 bridgehead atoms. The van der Waals surface area contributed by atoms with Crippen LogP contribution in [0.15, 0.2) is 23.3 Å². The van der Waals surface area contributed by atoms with Crippen molar-refractivity contribution in [3.05, 3.63) is 23.3 Å². The highest BCUT2D eigenvalue weighted by Gasteiger charge is 2.73. The van der Waals surface area contributed by atoms with E-state index in [0.29, 0.717) is 37.7 Å². The van der Waals surface area contributed by atoms with Gasteiger partial charge in [0, 0.05) is 16.4 Å². The second-order valence-electron chi connectivity index (χ2n) is 26.9. The molecule has 5 aliphatic carbocycles. The van der Waals surface area contributed by atoms with E-state index in [-0.39, 0.29) is 24.7 Å². The van der Waals surface area contributed by atoms with Gasteiger partial charge in [-0.3, -0.25) is 0 Å². The summed E-state index contributed by atoms with van der Waals surface area (Å²) in [7, 11) is 0. The van der Waals surface area contributed by atoms with Crippen LogP contribution < -0.4 is 0 Å². The van der Waals surface area contributed by atoms with E-state index in [1.165, 1.54) is 0 Å². The molecule has 26 nitrogen and oxygen atoms in total. The Bertz CT molecular complexity index is 2390. The van der Waals surface area contributed by atoms with Crippen LogP contribution in [0.3, 0.4) is 0 Å². The number of carbonyl (C=O) groups excluding carboxylic acids is 1. The molecule has 0 aromatic carbocycles. The molecule has 9 aliphatic rings. The van der Waals surface area contributed by atoms with Gasteiger partial charge in [0.05, 0.1) is 50.7 Å². The van der Waals surface area contributed by atoms with Crippen LogP contribution in [0.2, 0.25) is 0 Å². The Morgan fingerprint density at radius 1 is 0.663 bits per heavy atom. The fourth-order valence-electron chi connectivity index (χ4n) is 16.8. The summed E-state index contributed by atoms with van der Waals surface area (Å²) in [6.07, 6.45) is -32.2. The first-order valence-corrected chi connectivity index (χ1v) is 29.1. The van der Waals surface area contributed by atoms with Crippen LogP contribution in [0.4, 0.5) is 0 Å². The number of carboxylic acid groups (broad SMARTS) is 1. The van der Waals surface area contributed by atoms with Gasteiger partial charge in [0.1, 0.15) is 91.6 Å². The number of esters is 1. The van der Waals surface area contributed by atoms with Crippen molar-refractivity contribution in [3.63, 3.8) is 0 Å². The highest BCUT2D eigenvalue weighted by Crippen LogP contribution is 2.76. The number of aliphatic hydroxyl groups is 14. The average molecular weight is 1190 g/mol. The van der Waals surface area contributed by atoms with E-state index in [4.69, 9.17) is 42.6 Å². The number of fused-ring (bicyclic) bond motifs is 7. The molecule has 30 atom stereocenters. The normalized spacial score (nSPS) is 52.7. The van der Waals surface area contributed by atoms with Crippen LogP contribution in [0.5, 0.6) is 0 Å². The van der Waals surface area contributed by atoms with E-state index >= 15 is 0 Å². The van der Waals surface area contributed by atoms with Crippen molar-refractivity contribution in [3.8, 4) is 0 Å². The molecule has 4 saturated carbocycles. The highest BCUT2D eigenvalue weighted by molar-refractivity contribution is 5.87. The van der Waals surface area contributed by atoms with Crippen molar-refractivity contribution in [2.24, 2.45) is 50.2 Å². The molecule has 4 aliphatic heterocycles. The van der Waals surface area contributed by atoms with Gasteiger partial charge < -0.3 is 119 Å². The van der Waals surface area contributed by atoms with Gasteiger partial charge in [-0.2, -0.15) is 0 Å². The van der Waals surface area contributed by atoms with Crippen molar-refractivity contribution in [1.29, 1.82) is 0 Å². The third-order valence-electron chi connectivity index (χ3n) is 22.1. The first kappa shape index (κ1) is 65.0. The van der Waals surface area contributed by atoms with Crippen LogP contribution in [0.1, 0.15) is 100 Å². The van der Waals surface area contributed by atoms with E-state index in [1.54, 1.807) is 19.9 Å². The molecular formula is C57H90O26. The number of rotatable bonds is 14. The standard InChI is InChI=1S/C57H90O26/c1-9-23(2)47(74)83-45-44(71)57(22-60)25(16-52(45,3)4)24-10-11-30-53(5)14-13-32(54(6,21-59)29(53)12-15-55(30,7)56(24,8)17-31(57)63)78-51-43(82-49-38(69)36(67)35(66)28(18-58)77-49)40(39(70)41(80-51)46(72)73)79-50-42(34(65)27(62)20-76-50)81-48-37(68)33(64)26(61)19-75-48/h9-10,25-45,48-51,58-71H,11-22H2,1-8H3,(H,72,73)/b23-9-/t25?,26-,27+,28-,29?,30?,31-,32+,33+,34+,35+,36+,37-,38-,39+,40+,41+,42-,43-,44+,45+,48+,49-,50+,51-,53+,54+,55-,56-,57+/m1/s1. The van der Waals surface area contributed by atoms with Crippen molar-refractivity contribution < 1.29 is 129 Å². The quantitative estimate of drug-likeness (QED) is 0.0362. The van der Waals surface area contributed by atoms with Gasteiger partial charge in [-0.1, -0.05) is 59.3 Å². The molecule has 9 rings (SSSR count). The SMILES string of the molecule is C/C=C(/C)C(=O)O[C@H]1[C@H](O)[C@@]2(CO)C(CC1(C)C)C1=CCC3[C@@]4(C)CC[C@H](O[C@@H]5O[C@H](C(=O)O)[C@@H](O)[C@H](O[C@@H]6OC[C@H](O)[C@H](O)[C@H]6O[C@@H]6OC[C@@H](O)[C@H](O)[C@H]6O)[C@H]5O[C@H]5O[C@H](CO)[C@H](O)[C@H](O)[C@H]5O)[C@@](C)(CO)C4CC[C@@]3(C)[C@]1(C)C[C@H]2O. The minimum absolute atomic E-state index is 0.0901. The van der Waals surface area contributed by atoms with E-state index in [9.17, 15) is 86.2 Å². The fourth-order valence-corrected chi connectivity index (χ4v) is 16.8. The van der Waals surface area contributed by atoms with Crippen LogP contribution >= 0.6 is 0 Å². The maximum atomic E-state index is 13.2. The van der Waals surface area contributed by atoms with Gasteiger partial charge in [0.25, 0.3) is 0 Å². The molecule has 3 unspecified atom stereocenters. The van der Waals surface area contributed by atoms with E-state index < -0.39 is 218 Å². The van der Waals surface area contributed by atoms with Crippen LogP contribution in [-0.2, 0) is 52.2 Å². The summed E-state index contributed by atoms with van der Waals surface area (Å²) in [4.78, 5) is 26.3. The Balaban J connectivity index is 1.04. The lowest BCUT2D eigenvalue weighted by molar-refractivity contribution is -0.400. The van der Waals surface area contributed by atoms with Crippen molar-refractivity contribution in [2.75, 3.05) is 33.0 Å².